The van der Waals surface area contributed by atoms with Crippen LogP contribution in [-0.2, 0) is 0 Å². The third kappa shape index (κ3) is 2.72. The molecule has 1 heterocycles. The smallest absolute Gasteiger partial charge is 0.148 e. The summed E-state index contributed by atoms with van der Waals surface area (Å²) in [5.74, 6) is 0.529. The molecule has 5 heteroatoms. The number of aliphatic hydroxyl groups is 1. The molecule has 1 aromatic heterocycles. The molecule has 1 N–H and O–H groups in total. The second-order valence-electron chi connectivity index (χ2n) is 4.41. The molecule has 0 amide bonds. The van der Waals surface area contributed by atoms with Crippen molar-refractivity contribution in [2.24, 2.45) is 0 Å². The molecule has 0 saturated carbocycles. The highest BCUT2D eigenvalue weighted by atomic mass is 79.9. The van der Waals surface area contributed by atoms with Gasteiger partial charge < -0.3 is 9.52 Å². The highest BCUT2D eigenvalue weighted by Gasteiger charge is 2.17. The Labute approximate surface area is 141 Å². The second-order valence-corrected chi connectivity index (χ2v) is 7.09. The Kier molecular flexibility index (Phi) is 4.04. The molecule has 1 unspecified atom stereocenters. The highest BCUT2D eigenvalue weighted by Crippen LogP contribution is 2.34. The minimum atomic E-state index is -0.777. The molecule has 0 spiro atoms. The number of hydrogen-bond donors (Lipinski definition) is 1. The van der Waals surface area contributed by atoms with Crippen molar-refractivity contribution in [1.82, 2.24) is 0 Å². The van der Waals surface area contributed by atoms with Gasteiger partial charge in [0.05, 0.1) is 4.47 Å². The monoisotopic (exact) mass is 458 g/mol. The number of halogens is 3. The number of aliphatic hydroxyl groups excluding tert-OH is 1. The first-order chi connectivity index (χ1) is 9.54. The lowest BCUT2D eigenvalue weighted by Gasteiger charge is -2.07. The zero-order chi connectivity index (χ0) is 14.3. The molecule has 0 radical (unpaired) electrons. The number of fused-ring (bicyclic) bond motifs is 1. The van der Waals surface area contributed by atoms with Crippen LogP contribution in [0.15, 0.2) is 60.3 Å². The van der Waals surface area contributed by atoms with Crippen LogP contribution in [0.1, 0.15) is 17.4 Å². The van der Waals surface area contributed by atoms with Gasteiger partial charge in [0.15, 0.2) is 0 Å². The fourth-order valence-electron chi connectivity index (χ4n) is 2.04. The first kappa shape index (κ1) is 14.3. The zero-order valence-electron chi connectivity index (χ0n) is 10.1. The summed E-state index contributed by atoms with van der Waals surface area (Å²) in [6, 6.07) is 13.3. The second kappa shape index (κ2) is 5.64. The lowest BCUT2D eigenvalue weighted by Crippen LogP contribution is -1.97. The van der Waals surface area contributed by atoms with Crippen molar-refractivity contribution in [1.29, 1.82) is 0 Å². The lowest BCUT2D eigenvalue weighted by atomic mass is 10.1. The largest absolute Gasteiger partial charge is 0.457 e. The average molecular weight is 461 g/mol. The van der Waals surface area contributed by atoms with E-state index in [4.69, 9.17) is 4.42 Å². The van der Waals surface area contributed by atoms with Gasteiger partial charge in [0.25, 0.3) is 0 Å². The lowest BCUT2D eigenvalue weighted by molar-refractivity contribution is 0.192. The zero-order valence-corrected chi connectivity index (χ0v) is 14.9. The van der Waals surface area contributed by atoms with Gasteiger partial charge in [-0.1, -0.05) is 44.0 Å². The molecule has 3 aromatic rings. The number of furan rings is 1. The summed E-state index contributed by atoms with van der Waals surface area (Å²) >= 11 is 10.3. The van der Waals surface area contributed by atoms with Gasteiger partial charge in [-0.15, -0.1) is 0 Å². The van der Waals surface area contributed by atoms with E-state index in [1.807, 2.05) is 42.5 Å². The average Bonchev–Trinajstić information content (AvgIpc) is 2.83. The number of hydrogen-bond acceptors (Lipinski definition) is 2. The minimum absolute atomic E-state index is 0.529. The molecule has 1 atom stereocenters. The van der Waals surface area contributed by atoms with Crippen LogP contribution in [0.25, 0.3) is 11.0 Å². The van der Waals surface area contributed by atoms with Gasteiger partial charge in [-0.2, -0.15) is 0 Å². The van der Waals surface area contributed by atoms with Crippen molar-refractivity contribution >= 4 is 58.8 Å². The maximum atomic E-state index is 10.4. The van der Waals surface area contributed by atoms with Crippen molar-refractivity contribution in [2.45, 2.75) is 6.10 Å². The molecular weight excluding hydrogens is 452 g/mol. The van der Waals surface area contributed by atoms with Gasteiger partial charge >= 0.3 is 0 Å². The third-order valence-corrected chi connectivity index (χ3v) is 4.59. The molecule has 0 saturated heterocycles. The van der Waals surface area contributed by atoms with Crippen LogP contribution in [0.4, 0.5) is 0 Å². The predicted molar refractivity (Wildman–Crippen MR) is 89.8 cm³/mol. The van der Waals surface area contributed by atoms with E-state index in [0.717, 1.165) is 30.0 Å². The van der Waals surface area contributed by atoms with Crippen LogP contribution in [0, 0.1) is 0 Å². The summed E-state index contributed by atoms with van der Waals surface area (Å²) in [5.41, 5.74) is 1.53. The first-order valence-electron chi connectivity index (χ1n) is 5.86. The summed E-state index contributed by atoms with van der Waals surface area (Å²) in [4.78, 5) is 0. The molecule has 0 bridgehead atoms. The Morgan fingerprint density at radius 1 is 0.900 bits per heavy atom. The van der Waals surface area contributed by atoms with E-state index < -0.39 is 6.10 Å². The van der Waals surface area contributed by atoms with E-state index in [1.165, 1.54) is 0 Å². The van der Waals surface area contributed by atoms with Gasteiger partial charge in [0.2, 0.25) is 0 Å². The van der Waals surface area contributed by atoms with E-state index >= 15 is 0 Å². The van der Waals surface area contributed by atoms with Crippen LogP contribution < -0.4 is 0 Å². The molecular formula is C15H9Br3O2. The molecule has 102 valence electrons. The van der Waals surface area contributed by atoms with E-state index in [-0.39, 0.29) is 0 Å². The summed E-state index contributed by atoms with van der Waals surface area (Å²) in [7, 11) is 0. The maximum absolute atomic E-state index is 10.4. The van der Waals surface area contributed by atoms with Gasteiger partial charge in [0, 0.05) is 14.3 Å². The molecule has 2 nitrogen and oxygen atoms in total. The van der Waals surface area contributed by atoms with Gasteiger partial charge in [-0.05, 0) is 51.8 Å². The normalized spacial score (nSPS) is 12.8. The van der Waals surface area contributed by atoms with E-state index in [1.54, 1.807) is 0 Å². The highest BCUT2D eigenvalue weighted by molar-refractivity contribution is 9.11. The molecule has 0 fully saturated rings. The van der Waals surface area contributed by atoms with Crippen LogP contribution in [0.3, 0.4) is 0 Å². The molecule has 2 aromatic carbocycles. The maximum Gasteiger partial charge on any atom is 0.148 e. The van der Waals surface area contributed by atoms with Gasteiger partial charge in [-0.3, -0.25) is 0 Å². The Hall–Kier alpha value is -0.620. The van der Waals surface area contributed by atoms with Crippen molar-refractivity contribution in [3.8, 4) is 0 Å². The third-order valence-electron chi connectivity index (χ3n) is 3.01. The standard InChI is InChI=1S/C15H9Br3O2/c16-10-3-1-8(2-4-10)14(19)13-6-9-5-11(17)7-12(18)15(9)20-13/h1-7,14,19H. The fraction of sp³-hybridized carbons (Fsp3) is 0.0667. The van der Waals surface area contributed by atoms with Crippen LogP contribution in [0.5, 0.6) is 0 Å². The predicted octanol–water partition coefficient (Wildman–Crippen LogP) is 5.80. The molecule has 3 rings (SSSR count). The summed E-state index contributed by atoms with van der Waals surface area (Å²) in [6.45, 7) is 0. The Morgan fingerprint density at radius 2 is 1.60 bits per heavy atom. The van der Waals surface area contributed by atoms with Crippen molar-refractivity contribution in [3.05, 3.63) is 67.2 Å². The minimum Gasteiger partial charge on any atom is -0.457 e. The number of benzene rings is 2. The Morgan fingerprint density at radius 3 is 2.30 bits per heavy atom. The van der Waals surface area contributed by atoms with E-state index in [0.29, 0.717) is 5.76 Å². The van der Waals surface area contributed by atoms with Gasteiger partial charge in [0.1, 0.15) is 17.4 Å². The van der Waals surface area contributed by atoms with Gasteiger partial charge in [-0.25, -0.2) is 0 Å². The quantitative estimate of drug-likeness (QED) is 0.524. The van der Waals surface area contributed by atoms with Crippen molar-refractivity contribution < 1.29 is 9.52 Å². The Balaban J connectivity index is 2.05. The molecule has 0 aliphatic carbocycles. The number of rotatable bonds is 2. The molecule has 20 heavy (non-hydrogen) atoms. The molecule has 0 aliphatic heterocycles. The van der Waals surface area contributed by atoms with Crippen LogP contribution in [0.2, 0.25) is 0 Å². The van der Waals surface area contributed by atoms with Crippen LogP contribution in [-0.4, -0.2) is 5.11 Å². The first-order valence-corrected chi connectivity index (χ1v) is 8.24. The summed E-state index contributed by atoms with van der Waals surface area (Å²) in [6.07, 6.45) is -0.777. The Bertz CT molecular complexity index is 763. The molecule has 0 aliphatic rings. The summed E-state index contributed by atoms with van der Waals surface area (Å²) < 4.78 is 8.57. The van der Waals surface area contributed by atoms with E-state index in [9.17, 15) is 5.11 Å². The topological polar surface area (TPSA) is 33.4 Å². The fourth-order valence-corrected chi connectivity index (χ4v) is 3.64. The van der Waals surface area contributed by atoms with Crippen LogP contribution >= 0.6 is 47.8 Å². The van der Waals surface area contributed by atoms with E-state index in [2.05, 4.69) is 47.8 Å². The SMILES string of the molecule is OC(c1ccc(Br)cc1)c1cc2cc(Br)cc(Br)c2o1. The summed E-state index contributed by atoms with van der Waals surface area (Å²) in [5, 5.41) is 11.3. The van der Waals surface area contributed by atoms with Crippen molar-refractivity contribution in [2.75, 3.05) is 0 Å². The van der Waals surface area contributed by atoms with Crippen molar-refractivity contribution in [3.63, 3.8) is 0 Å².